The van der Waals surface area contributed by atoms with Gasteiger partial charge in [0.1, 0.15) is 0 Å². The smallest absolute Gasteiger partial charge is 0.311 e. The second-order valence-electron chi connectivity index (χ2n) is 7.59. The van der Waals surface area contributed by atoms with Crippen LogP contribution in [0.15, 0.2) is 78.9 Å². The summed E-state index contributed by atoms with van der Waals surface area (Å²) >= 11 is 0. The molecule has 1 aliphatic rings. The van der Waals surface area contributed by atoms with Gasteiger partial charge in [0.15, 0.2) is 6.10 Å². The number of carbonyl (C=O) groups excluding carboxylic acids is 2. The minimum absolute atomic E-state index is 0.142. The number of hydrogen-bond acceptors (Lipinski definition) is 3. The second kappa shape index (κ2) is 8.95. The SMILES string of the molecule is CC(OC(=O)Cc1ccc(-c2ccccc2)cc1)C(=O)N1CCCc2ccccc21. The minimum Gasteiger partial charge on any atom is -0.452 e. The van der Waals surface area contributed by atoms with Crippen molar-refractivity contribution in [2.24, 2.45) is 0 Å². The van der Waals surface area contributed by atoms with E-state index in [1.54, 1.807) is 11.8 Å². The quantitative estimate of drug-likeness (QED) is 0.579. The fourth-order valence-electron chi connectivity index (χ4n) is 3.88. The summed E-state index contributed by atoms with van der Waals surface area (Å²) in [6.07, 6.45) is 1.21. The molecule has 30 heavy (non-hydrogen) atoms. The number of amides is 1. The maximum atomic E-state index is 12.9. The predicted molar refractivity (Wildman–Crippen MR) is 118 cm³/mol. The maximum absolute atomic E-state index is 12.9. The number of hydrogen-bond donors (Lipinski definition) is 0. The molecule has 0 spiro atoms. The first-order chi connectivity index (χ1) is 14.6. The zero-order chi connectivity index (χ0) is 20.9. The maximum Gasteiger partial charge on any atom is 0.311 e. The van der Waals surface area contributed by atoms with Crippen LogP contribution in [0.3, 0.4) is 0 Å². The standard InChI is InChI=1S/C26H25NO3/c1-19(26(29)27-17-7-11-23-10-5-6-12-24(23)27)30-25(28)18-20-13-15-22(16-14-20)21-8-3-2-4-9-21/h2-6,8-10,12-16,19H,7,11,17-18H2,1H3. The number of benzene rings is 3. The highest BCUT2D eigenvalue weighted by molar-refractivity contribution is 5.98. The van der Waals surface area contributed by atoms with Crippen LogP contribution >= 0.6 is 0 Å². The highest BCUT2D eigenvalue weighted by Crippen LogP contribution is 2.27. The van der Waals surface area contributed by atoms with E-state index in [9.17, 15) is 9.59 Å². The van der Waals surface area contributed by atoms with Gasteiger partial charge in [-0.05, 0) is 48.1 Å². The van der Waals surface area contributed by atoms with Crippen molar-refractivity contribution in [3.8, 4) is 11.1 Å². The van der Waals surface area contributed by atoms with Crippen LogP contribution in [0.25, 0.3) is 11.1 Å². The lowest BCUT2D eigenvalue weighted by atomic mass is 10.0. The van der Waals surface area contributed by atoms with Gasteiger partial charge in [0.25, 0.3) is 5.91 Å². The largest absolute Gasteiger partial charge is 0.452 e. The van der Waals surface area contributed by atoms with Gasteiger partial charge >= 0.3 is 5.97 Å². The lowest BCUT2D eigenvalue weighted by Gasteiger charge is -2.31. The van der Waals surface area contributed by atoms with Gasteiger partial charge in [-0.1, -0.05) is 72.8 Å². The van der Waals surface area contributed by atoms with Crippen LogP contribution in [0.1, 0.15) is 24.5 Å². The second-order valence-corrected chi connectivity index (χ2v) is 7.59. The predicted octanol–water partition coefficient (Wildman–Crippen LogP) is 4.81. The molecule has 1 amide bonds. The molecule has 1 aliphatic heterocycles. The van der Waals surface area contributed by atoms with E-state index < -0.39 is 12.1 Å². The van der Waals surface area contributed by atoms with E-state index in [1.807, 2.05) is 66.7 Å². The van der Waals surface area contributed by atoms with Gasteiger partial charge in [-0.2, -0.15) is 0 Å². The first kappa shape index (κ1) is 19.9. The molecule has 4 rings (SSSR count). The number of esters is 1. The Kier molecular flexibility index (Phi) is 5.94. The summed E-state index contributed by atoms with van der Waals surface area (Å²) in [5.74, 6) is -0.566. The fraction of sp³-hybridized carbons (Fsp3) is 0.231. The number of carbonyl (C=O) groups is 2. The summed E-state index contributed by atoms with van der Waals surface area (Å²) in [4.78, 5) is 27.1. The number of nitrogens with zero attached hydrogens (tertiary/aromatic N) is 1. The van der Waals surface area contributed by atoms with Gasteiger partial charge in [0.05, 0.1) is 6.42 Å². The number of ether oxygens (including phenoxy) is 1. The number of anilines is 1. The number of aryl methyl sites for hydroxylation is 1. The van der Waals surface area contributed by atoms with Crippen molar-refractivity contribution in [1.82, 2.24) is 0 Å². The molecule has 3 aromatic rings. The molecule has 0 saturated carbocycles. The Bertz CT molecular complexity index is 1030. The van der Waals surface area contributed by atoms with Crippen molar-refractivity contribution >= 4 is 17.6 Å². The van der Waals surface area contributed by atoms with Crippen LogP contribution in [0, 0.1) is 0 Å². The summed E-state index contributed by atoms with van der Waals surface area (Å²) in [6, 6.07) is 25.9. The van der Waals surface area contributed by atoms with Crippen molar-refractivity contribution in [1.29, 1.82) is 0 Å². The zero-order valence-electron chi connectivity index (χ0n) is 17.1. The average Bonchev–Trinajstić information content (AvgIpc) is 2.79. The Morgan fingerprint density at radius 1 is 0.900 bits per heavy atom. The van der Waals surface area contributed by atoms with Crippen LogP contribution in [0.4, 0.5) is 5.69 Å². The van der Waals surface area contributed by atoms with Crippen LogP contribution in [0.2, 0.25) is 0 Å². The highest BCUT2D eigenvalue weighted by atomic mass is 16.5. The Morgan fingerprint density at radius 3 is 2.33 bits per heavy atom. The summed E-state index contributed by atoms with van der Waals surface area (Å²) < 4.78 is 5.47. The molecule has 0 fully saturated rings. The molecule has 152 valence electrons. The summed E-state index contributed by atoms with van der Waals surface area (Å²) in [6.45, 7) is 2.30. The molecule has 0 aliphatic carbocycles. The zero-order valence-corrected chi connectivity index (χ0v) is 17.1. The van der Waals surface area contributed by atoms with Gasteiger partial charge in [0.2, 0.25) is 0 Å². The normalized spacial score (nSPS) is 14.0. The Labute approximate surface area is 177 Å². The van der Waals surface area contributed by atoms with E-state index in [0.717, 1.165) is 40.8 Å². The van der Waals surface area contributed by atoms with Gasteiger partial charge in [0, 0.05) is 12.2 Å². The molecule has 0 radical (unpaired) electrons. The summed E-state index contributed by atoms with van der Waals surface area (Å²) in [5.41, 5.74) is 5.18. The molecule has 0 N–H and O–H groups in total. The monoisotopic (exact) mass is 399 g/mol. The Morgan fingerprint density at radius 2 is 1.57 bits per heavy atom. The molecule has 3 aromatic carbocycles. The molecule has 4 nitrogen and oxygen atoms in total. The Balaban J connectivity index is 1.37. The molecular formula is C26H25NO3. The molecular weight excluding hydrogens is 374 g/mol. The van der Waals surface area contributed by atoms with Gasteiger partial charge in [-0.15, -0.1) is 0 Å². The van der Waals surface area contributed by atoms with Crippen LogP contribution < -0.4 is 4.90 Å². The number of rotatable bonds is 5. The van der Waals surface area contributed by atoms with E-state index in [0.29, 0.717) is 6.54 Å². The molecule has 0 aromatic heterocycles. The van der Waals surface area contributed by atoms with Crippen LogP contribution in [-0.2, 0) is 27.2 Å². The van der Waals surface area contributed by atoms with Crippen molar-refractivity contribution < 1.29 is 14.3 Å². The third-order valence-electron chi connectivity index (χ3n) is 5.44. The third-order valence-corrected chi connectivity index (χ3v) is 5.44. The van der Waals surface area contributed by atoms with Gasteiger partial charge in [-0.25, -0.2) is 0 Å². The topological polar surface area (TPSA) is 46.6 Å². The lowest BCUT2D eigenvalue weighted by Crippen LogP contribution is -2.42. The number of fused-ring (bicyclic) bond motifs is 1. The Hall–Kier alpha value is -3.40. The van der Waals surface area contributed by atoms with Crippen LogP contribution in [-0.4, -0.2) is 24.5 Å². The van der Waals surface area contributed by atoms with E-state index in [1.165, 1.54) is 0 Å². The summed E-state index contributed by atoms with van der Waals surface area (Å²) in [7, 11) is 0. The minimum atomic E-state index is -0.813. The van der Waals surface area contributed by atoms with Gasteiger partial charge in [-0.3, -0.25) is 9.59 Å². The molecule has 0 saturated heterocycles. The van der Waals surface area contributed by atoms with Crippen molar-refractivity contribution in [2.75, 3.05) is 11.4 Å². The van der Waals surface area contributed by atoms with Crippen LogP contribution in [0.5, 0.6) is 0 Å². The van der Waals surface area contributed by atoms with E-state index in [4.69, 9.17) is 4.74 Å². The summed E-state index contributed by atoms with van der Waals surface area (Å²) in [5, 5.41) is 0. The van der Waals surface area contributed by atoms with Crippen molar-refractivity contribution in [3.05, 3.63) is 90.0 Å². The molecule has 1 unspecified atom stereocenters. The molecule has 0 bridgehead atoms. The molecule has 1 heterocycles. The van der Waals surface area contributed by atoms with Crippen molar-refractivity contribution in [2.45, 2.75) is 32.3 Å². The fourth-order valence-corrected chi connectivity index (χ4v) is 3.88. The third kappa shape index (κ3) is 4.43. The van der Waals surface area contributed by atoms with Gasteiger partial charge < -0.3 is 9.64 Å². The molecule has 4 heteroatoms. The first-order valence-electron chi connectivity index (χ1n) is 10.3. The average molecular weight is 399 g/mol. The lowest BCUT2D eigenvalue weighted by molar-refractivity contribution is -0.153. The molecule has 1 atom stereocenters. The van der Waals surface area contributed by atoms with E-state index >= 15 is 0 Å². The van der Waals surface area contributed by atoms with E-state index in [2.05, 4.69) is 12.1 Å². The number of para-hydroxylation sites is 1. The van der Waals surface area contributed by atoms with Crippen molar-refractivity contribution in [3.63, 3.8) is 0 Å². The first-order valence-corrected chi connectivity index (χ1v) is 10.3. The highest BCUT2D eigenvalue weighted by Gasteiger charge is 2.28. The van der Waals surface area contributed by atoms with E-state index in [-0.39, 0.29) is 12.3 Å².